The van der Waals surface area contributed by atoms with Crippen LogP contribution in [0.25, 0.3) is 11.1 Å². The van der Waals surface area contributed by atoms with Crippen molar-refractivity contribution < 1.29 is 27.5 Å². The lowest BCUT2D eigenvalue weighted by Gasteiger charge is -2.27. The van der Waals surface area contributed by atoms with Crippen LogP contribution < -0.4 is 5.32 Å². The molecule has 0 aliphatic rings. The minimum atomic E-state index is -4.16. The zero-order chi connectivity index (χ0) is 30.6. The van der Waals surface area contributed by atoms with Gasteiger partial charge in [-0.25, -0.2) is 18.2 Å². The van der Waals surface area contributed by atoms with E-state index in [1.54, 1.807) is 84.9 Å². The summed E-state index contributed by atoms with van der Waals surface area (Å²) in [6, 6.07) is 27.1. The van der Waals surface area contributed by atoms with Crippen LogP contribution in [0.5, 0.6) is 0 Å². The molecule has 0 radical (unpaired) electrons. The molecule has 0 aliphatic heterocycles. The Kier molecular flexibility index (Phi) is 9.12. The Morgan fingerprint density at radius 2 is 1.35 bits per heavy atom. The van der Waals surface area contributed by atoms with Gasteiger partial charge in [0.25, 0.3) is 0 Å². The van der Waals surface area contributed by atoms with E-state index in [-0.39, 0.29) is 31.1 Å². The molecule has 1 atom stereocenters. The predicted molar refractivity (Wildman–Crippen MR) is 164 cm³/mol. The molecular weight excluding hydrogens is 613 g/mol. The fraction of sp³-hybridized carbons (Fsp3) is 0.129. The number of anilines is 1. The van der Waals surface area contributed by atoms with E-state index in [0.29, 0.717) is 26.7 Å². The third kappa shape index (κ3) is 7.41. The molecule has 0 spiro atoms. The van der Waals surface area contributed by atoms with Gasteiger partial charge in [0.1, 0.15) is 5.52 Å². The van der Waals surface area contributed by atoms with Gasteiger partial charge in [-0.05, 0) is 71.6 Å². The van der Waals surface area contributed by atoms with Crippen LogP contribution in [0.2, 0.25) is 10.0 Å². The van der Waals surface area contributed by atoms with E-state index in [0.717, 1.165) is 11.1 Å². The fourth-order valence-corrected chi connectivity index (χ4v) is 6.50. The first-order chi connectivity index (χ1) is 20.6. The van der Waals surface area contributed by atoms with E-state index in [1.807, 2.05) is 0 Å². The van der Waals surface area contributed by atoms with Crippen molar-refractivity contribution in [1.82, 2.24) is 9.29 Å². The van der Waals surface area contributed by atoms with Crippen molar-refractivity contribution >= 4 is 61.9 Å². The maximum atomic E-state index is 14.6. The average molecular weight is 639 g/mol. The molecule has 0 bridgehead atoms. The summed E-state index contributed by atoms with van der Waals surface area (Å²) in [7, 11) is -4.16. The van der Waals surface area contributed by atoms with Crippen molar-refractivity contribution in [1.29, 1.82) is 0 Å². The predicted octanol–water partition coefficient (Wildman–Crippen LogP) is 6.47. The first kappa shape index (κ1) is 30.2. The third-order valence-electron chi connectivity index (χ3n) is 6.68. The number of sulfonamides is 1. The standard InChI is InChI=1S/C31H25Cl2N3O6S/c32-23-11-5-21(6-12-23)18-36(19-22-7-13-24(33)14-8-22)43(40,41)28(30-35-26-3-1-2-4-27(26)42-30)17-20-9-15-25(16-10-20)34-29(37)31(38)39/h1-16,28H,17-19H2,(H,34,37)(H,38,39)/t28-/m1/s1. The largest absolute Gasteiger partial charge is 0.474 e. The number of halogens is 2. The lowest BCUT2D eigenvalue weighted by Crippen LogP contribution is -2.35. The number of hydrogen-bond acceptors (Lipinski definition) is 6. The Morgan fingerprint density at radius 3 is 1.88 bits per heavy atom. The topological polar surface area (TPSA) is 130 Å². The van der Waals surface area contributed by atoms with Gasteiger partial charge in [0.15, 0.2) is 10.8 Å². The van der Waals surface area contributed by atoms with Gasteiger partial charge in [0.2, 0.25) is 15.9 Å². The zero-order valence-corrected chi connectivity index (χ0v) is 24.8. The van der Waals surface area contributed by atoms with Crippen LogP contribution in [0.15, 0.2) is 101 Å². The van der Waals surface area contributed by atoms with E-state index in [9.17, 15) is 18.0 Å². The van der Waals surface area contributed by atoms with Crippen LogP contribution in [0.4, 0.5) is 5.69 Å². The second-order valence-corrected chi connectivity index (χ2v) is 12.7. The molecule has 9 nitrogen and oxygen atoms in total. The van der Waals surface area contributed by atoms with Crippen molar-refractivity contribution in [3.8, 4) is 0 Å². The molecule has 2 N–H and O–H groups in total. The number of carbonyl (C=O) groups is 2. The number of rotatable bonds is 10. The Morgan fingerprint density at radius 1 is 0.814 bits per heavy atom. The highest BCUT2D eigenvalue weighted by Gasteiger charge is 2.37. The summed E-state index contributed by atoms with van der Waals surface area (Å²) in [5.74, 6) is -2.77. The summed E-state index contributed by atoms with van der Waals surface area (Å²) >= 11 is 12.2. The third-order valence-corrected chi connectivity index (χ3v) is 9.25. The van der Waals surface area contributed by atoms with Crippen molar-refractivity contribution in [2.24, 2.45) is 0 Å². The highest BCUT2D eigenvalue weighted by Crippen LogP contribution is 2.33. The normalized spacial score (nSPS) is 12.3. The summed E-state index contributed by atoms with van der Waals surface area (Å²) in [6.07, 6.45) is -0.0138. The van der Waals surface area contributed by atoms with Crippen LogP contribution in [0.1, 0.15) is 27.8 Å². The number of carbonyl (C=O) groups excluding carboxylic acids is 1. The Balaban J connectivity index is 1.54. The maximum absolute atomic E-state index is 14.6. The second kappa shape index (κ2) is 13.0. The minimum absolute atomic E-state index is 0.0138. The molecular formula is C31H25Cl2N3O6S. The molecule has 0 unspecified atom stereocenters. The van der Waals surface area contributed by atoms with Crippen molar-refractivity contribution in [2.75, 3.05) is 5.32 Å². The van der Waals surface area contributed by atoms with Gasteiger partial charge >= 0.3 is 11.9 Å². The second-order valence-electron chi connectivity index (χ2n) is 9.73. The van der Waals surface area contributed by atoms with Gasteiger partial charge in [-0.2, -0.15) is 4.31 Å². The molecule has 0 aliphatic carbocycles. The quantitative estimate of drug-likeness (QED) is 0.168. The number of hydrogen-bond donors (Lipinski definition) is 2. The SMILES string of the molecule is O=C(O)C(=O)Nc1ccc(C[C@H](c2nc3ccccc3o2)S(=O)(=O)N(Cc2ccc(Cl)cc2)Cc2ccc(Cl)cc2)cc1. The number of aliphatic carboxylic acids is 1. The number of benzene rings is 4. The van der Waals surface area contributed by atoms with Gasteiger partial charge in [0.05, 0.1) is 0 Å². The van der Waals surface area contributed by atoms with E-state index in [4.69, 9.17) is 32.7 Å². The summed E-state index contributed by atoms with van der Waals surface area (Å²) in [5, 5.41) is 11.0. The van der Waals surface area contributed by atoms with Crippen LogP contribution in [-0.2, 0) is 39.1 Å². The Hall–Kier alpha value is -4.22. The lowest BCUT2D eigenvalue weighted by molar-refractivity contribution is -0.147. The minimum Gasteiger partial charge on any atom is -0.474 e. The number of carboxylic acids is 1. The molecule has 5 rings (SSSR count). The van der Waals surface area contributed by atoms with Crippen LogP contribution in [0, 0.1) is 0 Å². The van der Waals surface area contributed by atoms with Crippen LogP contribution in [0.3, 0.4) is 0 Å². The number of fused-ring (bicyclic) bond motifs is 1. The zero-order valence-electron chi connectivity index (χ0n) is 22.5. The molecule has 220 valence electrons. The molecule has 1 amide bonds. The lowest BCUT2D eigenvalue weighted by atomic mass is 10.1. The van der Waals surface area contributed by atoms with E-state index in [1.165, 1.54) is 16.4 Å². The molecule has 0 fully saturated rings. The van der Waals surface area contributed by atoms with E-state index >= 15 is 0 Å². The number of aromatic nitrogens is 1. The van der Waals surface area contributed by atoms with Gasteiger partial charge in [-0.1, -0.05) is 71.7 Å². The smallest absolute Gasteiger partial charge is 0.394 e. The number of para-hydroxylation sites is 2. The number of oxazole rings is 1. The molecule has 0 saturated heterocycles. The Labute approximate surface area is 257 Å². The molecule has 12 heteroatoms. The summed E-state index contributed by atoms with van der Waals surface area (Å²) < 4.78 is 36.6. The molecule has 1 aromatic heterocycles. The molecule has 43 heavy (non-hydrogen) atoms. The maximum Gasteiger partial charge on any atom is 0.394 e. The van der Waals surface area contributed by atoms with Gasteiger partial charge < -0.3 is 14.8 Å². The van der Waals surface area contributed by atoms with Crippen LogP contribution >= 0.6 is 23.2 Å². The van der Waals surface area contributed by atoms with Crippen LogP contribution in [-0.4, -0.2) is 34.7 Å². The van der Waals surface area contributed by atoms with Crippen molar-refractivity contribution in [2.45, 2.75) is 24.8 Å². The monoisotopic (exact) mass is 637 g/mol. The number of nitrogens with zero attached hydrogens (tertiary/aromatic N) is 2. The summed E-state index contributed by atoms with van der Waals surface area (Å²) in [6.45, 7) is 0.109. The molecule has 1 heterocycles. The van der Waals surface area contributed by atoms with Gasteiger partial charge in [-0.3, -0.25) is 4.79 Å². The highest BCUT2D eigenvalue weighted by molar-refractivity contribution is 7.89. The number of carboxylic acid groups (broad SMARTS) is 1. The molecule has 4 aromatic carbocycles. The number of amides is 1. The van der Waals surface area contributed by atoms with Gasteiger partial charge in [-0.15, -0.1) is 0 Å². The fourth-order valence-electron chi connectivity index (χ4n) is 4.47. The molecule has 5 aromatic rings. The first-order valence-electron chi connectivity index (χ1n) is 13.0. The highest BCUT2D eigenvalue weighted by atomic mass is 35.5. The van der Waals surface area contributed by atoms with Gasteiger partial charge in [0, 0.05) is 28.8 Å². The number of nitrogens with one attached hydrogen (secondary N) is 1. The summed E-state index contributed by atoms with van der Waals surface area (Å²) in [5.41, 5.74) is 3.29. The van der Waals surface area contributed by atoms with Crippen molar-refractivity contribution in [3.05, 3.63) is 130 Å². The van der Waals surface area contributed by atoms with Crippen molar-refractivity contribution in [3.63, 3.8) is 0 Å². The summed E-state index contributed by atoms with van der Waals surface area (Å²) in [4.78, 5) is 27.0. The van der Waals surface area contributed by atoms with E-state index in [2.05, 4.69) is 10.3 Å². The first-order valence-corrected chi connectivity index (χ1v) is 15.3. The molecule has 0 saturated carbocycles. The Bertz CT molecular complexity index is 1780. The average Bonchev–Trinajstić information content (AvgIpc) is 3.42. The van der Waals surface area contributed by atoms with E-state index < -0.39 is 27.1 Å².